The number of benzene rings is 1. The van der Waals surface area contributed by atoms with Crippen molar-refractivity contribution >= 4 is 45.5 Å². The number of nitrogens with one attached hydrogen (secondary N) is 2. The number of piperidine rings is 2. The number of fused-ring (bicyclic) bond motifs is 2. The van der Waals surface area contributed by atoms with Crippen molar-refractivity contribution in [2.45, 2.75) is 69.1 Å². The summed E-state index contributed by atoms with van der Waals surface area (Å²) in [6.07, 6.45) is 7.44. The Labute approximate surface area is 303 Å². The topological polar surface area (TPSA) is 173 Å². The van der Waals surface area contributed by atoms with E-state index in [4.69, 9.17) is 10.4 Å². The molecule has 4 aromatic heterocycles. The van der Waals surface area contributed by atoms with Gasteiger partial charge in [0.1, 0.15) is 41.0 Å². The highest BCUT2D eigenvalue weighted by Gasteiger charge is 2.36. The molecule has 15 heteroatoms. The third-order valence-electron chi connectivity index (χ3n) is 11.1. The van der Waals surface area contributed by atoms with Gasteiger partial charge in [0.2, 0.25) is 11.8 Å². The van der Waals surface area contributed by atoms with Crippen LogP contribution in [0.4, 0.5) is 10.2 Å². The molecule has 14 nitrogen and oxygen atoms in total. The first-order valence-corrected chi connectivity index (χ1v) is 18.1. The number of para-hydroxylation sites is 1. The summed E-state index contributed by atoms with van der Waals surface area (Å²) in [6, 6.07) is 13.4. The van der Waals surface area contributed by atoms with Gasteiger partial charge in [0, 0.05) is 44.1 Å². The van der Waals surface area contributed by atoms with E-state index in [0.717, 1.165) is 55.2 Å². The maximum absolute atomic E-state index is 16.1. The molecule has 8 rings (SSSR count). The minimum Gasteiger partial charge on any atom is -0.305 e. The summed E-state index contributed by atoms with van der Waals surface area (Å²) in [5, 5.41) is 19.8. The maximum Gasteiger partial charge on any atom is 0.329 e. The number of nitriles is 1. The zero-order valence-corrected chi connectivity index (χ0v) is 29.2. The van der Waals surface area contributed by atoms with Crippen LogP contribution in [-0.2, 0) is 16.6 Å². The molecule has 0 radical (unpaired) electrons. The molecule has 1 aliphatic carbocycles. The molecule has 3 amide bonds. The maximum atomic E-state index is 16.1. The number of imide groups is 1. The second kappa shape index (κ2) is 14.0. The number of pyridine rings is 2. The van der Waals surface area contributed by atoms with Crippen molar-refractivity contribution in [2.75, 3.05) is 25.0 Å². The van der Waals surface area contributed by atoms with Crippen molar-refractivity contribution < 1.29 is 18.8 Å². The van der Waals surface area contributed by atoms with E-state index in [2.05, 4.69) is 25.5 Å². The molecule has 3 aliphatic rings. The van der Waals surface area contributed by atoms with E-state index in [9.17, 15) is 19.2 Å². The summed E-state index contributed by atoms with van der Waals surface area (Å²) in [4.78, 5) is 61.1. The lowest BCUT2D eigenvalue weighted by atomic mass is 9.83. The smallest absolute Gasteiger partial charge is 0.305 e. The SMILES string of the molecule is Cn1c(=O)n(C2CCC(=O)NC2=O)c2cccc([C@@H]3CCN(C[C@H]4CC[C@H](n5cc6cc(NC(=O)c7cccc(C#N)n7)ncc6n5)CC4)C[C@@H]3F)c21. The Kier molecular flexibility index (Phi) is 9.07. The number of alkyl halides is 1. The first-order valence-electron chi connectivity index (χ1n) is 18.1. The Balaban J connectivity index is 0.878. The summed E-state index contributed by atoms with van der Waals surface area (Å²) in [5.41, 5.74) is 2.68. The molecule has 1 aromatic carbocycles. The highest BCUT2D eigenvalue weighted by atomic mass is 19.1. The van der Waals surface area contributed by atoms with Gasteiger partial charge in [-0.15, -0.1) is 0 Å². The fraction of sp³-hybridized carbons (Fsp3) is 0.421. The molecule has 272 valence electrons. The molecule has 1 unspecified atom stereocenters. The van der Waals surface area contributed by atoms with Crippen molar-refractivity contribution in [3.63, 3.8) is 0 Å². The average Bonchev–Trinajstić information content (AvgIpc) is 3.70. The summed E-state index contributed by atoms with van der Waals surface area (Å²) in [5.74, 6) is -0.839. The Hall–Kier alpha value is -5.75. The number of hydrogen-bond donors (Lipinski definition) is 2. The van der Waals surface area contributed by atoms with Gasteiger partial charge in [-0.1, -0.05) is 18.2 Å². The Morgan fingerprint density at radius 2 is 1.89 bits per heavy atom. The molecule has 0 bridgehead atoms. The van der Waals surface area contributed by atoms with Crippen molar-refractivity contribution in [3.05, 3.63) is 82.3 Å². The lowest BCUT2D eigenvalue weighted by Gasteiger charge is -2.38. The number of hydrogen-bond acceptors (Lipinski definition) is 9. The molecule has 3 fully saturated rings. The van der Waals surface area contributed by atoms with Crippen LogP contribution in [0.3, 0.4) is 0 Å². The van der Waals surface area contributed by atoms with Gasteiger partial charge in [-0.2, -0.15) is 10.4 Å². The molecule has 1 saturated carbocycles. The number of carbonyl (C=O) groups excluding carboxylic acids is 3. The highest BCUT2D eigenvalue weighted by Crippen LogP contribution is 2.38. The van der Waals surface area contributed by atoms with Gasteiger partial charge < -0.3 is 10.2 Å². The molecule has 0 spiro atoms. The number of halogens is 1. The zero-order chi connectivity index (χ0) is 36.8. The predicted octanol–water partition coefficient (Wildman–Crippen LogP) is 4.14. The number of anilines is 1. The van der Waals surface area contributed by atoms with Crippen LogP contribution >= 0.6 is 0 Å². The van der Waals surface area contributed by atoms with Gasteiger partial charge in [-0.25, -0.2) is 19.2 Å². The van der Waals surface area contributed by atoms with Crippen LogP contribution in [0, 0.1) is 17.2 Å². The summed E-state index contributed by atoms with van der Waals surface area (Å²) >= 11 is 0. The van der Waals surface area contributed by atoms with Crippen LogP contribution < -0.4 is 16.3 Å². The molecule has 2 N–H and O–H groups in total. The van der Waals surface area contributed by atoms with E-state index in [1.54, 1.807) is 37.5 Å². The van der Waals surface area contributed by atoms with Crippen LogP contribution in [0.15, 0.2) is 59.7 Å². The molecular weight excluding hydrogens is 679 g/mol. The van der Waals surface area contributed by atoms with E-state index in [-0.39, 0.29) is 47.8 Å². The number of aromatic nitrogens is 6. The standard InChI is InChI=1S/C38H39FN10O4/c1-46-35-27(5-3-7-31(35)49(38(46)53)32-12-13-34(50)44-37(32)52)26-14-15-47(21-28(26)39)19-22-8-10-25(11-9-22)48-20-23-16-33(41-18-30(23)45-48)43-36(51)29-6-2-4-24(17-40)42-29/h2-7,16,18,20,22,25-26,28,32H,8-15,19,21H2,1H3,(H,43,51)(H,44,50,52)/t22-,25-,26-,28-,32?/m0/s1. The predicted molar refractivity (Wildman–Crippen MR) is 193 cm³/mol. The molecule has 2 saturated heterocycles. The summed E-state index contributed by atoms with van der Waals surface area (Å²) < 4.78 is 21.0. The second-order valence-electron chi connectivity index (χ2n) is 14.5. The molecule has 53 heavy (non-hydrogen) atoms. The van der Waals surface area contributed by atoms with Crippen molar-refractivity contribution in [1.29, 1.82) is 5.26 Å². The Morgan fingerprint density at radius 1 is 1.08 bits per heavy atom. The van der Waals surface area contributed by atoms with E-state index in [1.807, 2.05) is 29.1 Å². The number of likely N-dealkylation sites (tertiary alicyclic amines) is 1. The van der Waals surface area contributed by atoms with Gasteiger partial charge in [0.05, 0.1) is 23.3 Å². The van der Waals surface area contributed by atoms with E-state index >= 15 is 4.39 Å². The highest BCUT2D eigenvalue weighted by molar-refractivity contribution is 6.03. The second-order valence-corrected chi connectivity index (χ2v) is 14.5. The monoisotopic (exact) mass is 718 g/mol. The minimum absolute atomic E-state index is 0.134. The van der Waals surface area contributed by atoms with Crippen LogP contribution in [0.5, 0.6) is 0 Å². The third kappa shape index (κ3) is 6.59. The number of imidazole rings is 1. The van der Waals surface area contributed by atoms with Gasteiger partial charge in [0.15, 0.2) is 0 Å². The lowest BCUT2D eigenvalue weighted by Crippen LogP contribution is -2.44. The summed E-state index contributed by atoms with van der Waals surface area (Å²) in [7, 11) is 1.66. The fourth-order valence-electron chi connectivity index (χ4n) is 8.44. The van der Waals surface area contributed by atoms with Crippen molar-refractivity contribution in [3.8, 4) is 6.07 Å². The van der Waals surface area contributed by atoms with Crippen LogP contribution in [-0.4, -0.2) is 77.3 Å². The van der Waals surface area contributed by atoms with Gasteiger partial charge in [-0.3, -0.25) is 33.5 Å². The molecule has 5 aromatic rings. The zero-order valence-electron chi connectivity index (χ0n) is 29.2. The number of carbonyl (C=O) groups is 3. The average molecular weight is 719 g/mol. The van der Waals surface area contributed by atoms with E-state index in [0.29, 0.717) is 35.7 Å². The fourth-order valence-corrected chi connectivity index (χ4v) is 8.44. The first kappa shape index (κ1) is 34.3. The van der Waals surface area contributed by atoms with Crippen LogP contribution in [0.1, 0.15) is 84.7 Å². The van der Waals surface area contributed by atoms with Crippen molar-refractivity contribution in [1.82, 2.24) is 39.1 Å². The normalized spacial score (nSPS) is 23.9. The largest absolute Gasteiger partial charge is 0.329 e. The lowest BCUT2D eigenvalue weighted by molar-refractivity contribution is -0.135. The van der Waals surface area contributed by atoms with E-state index in [1.165, 1.54) is 15.2 Å². The quantitative estimate of drug-likeness (QED) is 0.235. The van der Waals surface area contributed by atoms with Gasteiger partial charge in [0.25, 0.3) is 5.91 Å². The van der Waals surface area contributed by atoms with Crippen LogP contribution in [0.2, 0.25) is 0 Å². The number of nitrogens with zero attached hydrogens (tertiary/aromatic N) is 8. The molecular formula is C38H39FN10O4. The van der Waals surface area contributed by atoms with Gasteiger partial charge >= 0.3 is 5.69 Å². The number of amides is 3. The summed E-state index contributed by atoms with van der Waals surface area (Å²) in [6.45, 7) is 1.90. The Bertz CT molecular complexity index is 2350. The third-order valence-corrected chi connectivity index (χ3v) is 11.1. The molecule has 3 atom stereocenters. The minimum atomic E-state index is -1.11. The first-order chi connectivity index (χ1) is 25.7. The van der Waals surface area contributed by atoms with Crippen LogP contribution in [0.25, 0.3) is 21.9 Å². The number of rotatable bonds is 7. The van der Waals surface area contributed by atoms with E-state index < -0.39 is 24.0 Å². The van der Waals surface area contributed by atoms with Gasteiger partial charge in [-0.05, 0) is 80.8 Å². The molecule has 2 aliphatic heterocycles. The Morgan fingerprint density at radius 3 is 2.66 bits per heavy atom. The number of aryl methyl sites for hydroxylation is 1. The van der Waals surface area contributed by atoms with Crippen molar-refractivity contribution in [2.24, 2.45) is 13.0 Å². The molecule has 6 heterocycles.